The molecule has 0 spiro atoms. The zero-order valence-electron chi connectivity index (χ0n) is 10.2. The minimum absolute atomic E-state index is 0.340. The fourth-order valence-electron chi connectivity index (χ4n) is 1.31. The number of carbonyl (C=O) groups is 2. The molecular formula is C13H10ClN3O3. The Kier molecular flexibility index (Phi) is 4.52. The Hall–Kier alpha value is -2.60. The predicted octanol–water partition coefficient (Wildman–Crippen LogP) is 2.02. The van der Waals surface area contributed by atoms with E-state index in [4.69, 9.17) is 16.0 Å². The van der Waals surface area contributed by atoms with Crippen LogP contribution in [0.15, 0.2) is 52.2 Å². The summed E-state index contributed by atoms with van der Waals surface area (Å²) >= 11 is 5.86. The number of hydrazone groups is 1. The van der Waals surface area contributed by atoms with Crippen molar-refractivity contribution in [1.29, 1.82) is 0 Å². The molecule has 1 aromatic heterocycles. The number of furan rings is 1. The highest BCUT2D eigenvalue weighted by molar-refractivity contribution is 6.41. The van der Waals surface area contributed by atoms with E-state index in [-0.39, 0.29) is 0 Å². The van der Waals surface area contributed by atoms with Gasteiger partial charge >= 0.3 is 11.8 Å². The van der Waals surface area contributed by atoms with Gasteiger partial charge in [-0.3, -0.25) is 9.59 Å². The molecule has 2 amide bonds. The first kappa shape index (κ1) is 13.8. The number of nitrogens with one attached hydrogen (secondary N) is 2. The molecule has 20 heavy (non-hydrogen) atoms. The molecule has 2 rings (SSSR count). The van der Waals surface area contributed by atoms with Crippen molar-refractivity contribution in [1.82, 2.24) is 5.43 Å². The Morgan fingerprint density at radius 3 is 2.65 bits per heavy atom. The maximum absolute atomic E-state index is 11.6. The molecule has 0 aliphatic carbocycles. The van der Waals surface area contributed by atoms with E-state index >= 15 is 0 Å². The molecule has 0 saturated heterocycles. The second-order valence-corrected chi connectivity index (χ2v) is 4.06. The minimum atomic E-state index is -0.910. The van der Waals surface area contributed by atoms with Crippen LogP contribution in [0.3, 0.4) is 0 Å². The lowest BCUT2D eigenvalue weighted by atomic mass is 10.3. The highest BCUT2D eigenvalue weighted by atomic mass is 35.5. The van der Waals surface area contributed by atoms with E-state index in [2.05, 4.69) is 15.8 Å². The summed E-state index contributed by atoms with van der Waals surface area (Å²) < 4.78 is 4.97. The zero-order valence-corrected chi connectivity index (χ0v) is 10.9. The lowest BCUT2D eigenvalue weighted by Gasteiger charge is -2.05. The van der Waals surface area contributed by atoms with Gasteiger partial charge in [0.05, 0.1) is 23.2 Å². The number of rotatable bonds is 3. The normalized spacial score (nSPS) is 10.4. The van der Waals surface area contributed by atoms with Gasteiger partial charge in [0.1, 0.15) is 5.76 Å². The van der Waals surface area contributed by atoms with E-state index in [1.165, 1.54) is 12.5 Å². The largest absolute Gasteiger partial charge is 0.463 e. The molecule has 102 valence electrons. The number of halogens is 1. The second-order valence-electron chi connectivity index (χ2n) is 3.65. The van der Waals surface area contributed by atoms with E-state index in [9.17, 15) is 9.59 Å². The Balaban J connectivity index is 1.89. The van der Waals surface area contributed by atoms with Gasteiger partial charge in [-0.05, 0) is 24.3 Å². The summed E-state index contributed by atoms with van der Waals surface area (Å²) in [5.74, 6) is -1.32. The van der Waals surface area contributed by atoms with E-state index in [0.29, 0.717) is 16.5 Å². The third kappa shape index (κ3) is 3.69. The van der Waals surface area contributed by atoms with Crippen molar-refractivity contribution in [2.24, 2.45) is 5.10 Å². The molecule has 0 fully saturated rings. The first-order valence-corrected chi connectivity index (χ1v) is 5.97. The fourth-order valence-corrected chi connectivity index (χ4v) is 1.49. The van der Waals surface area contributed by atoms with Gasteiger partial charge in [0.15, 0.2) is 0 Å². The quantitative estimate of drug-likeness (QED) is 0.515. The number of hydrogen-bond acceptors (Lipinski definition) is 4. The van der Waals surface area contributed by atoms with Crippen molar-refractivity contribution >= 4 is 35.3 Å². The van der Waals surface area contributed by atoms with Crippen molar-refractivity contribution in [3.63, 3.8) is 0 Å². The van der Waals surface area contributed by atoms with Crippen LogP contribution in [0.1, 0.15) is 5.76 Å². The van der Waals surface area contributed by atoms with Crippen LogP contribution < -0.4 is 10.7 Å². The number of para-hydroxylation sites is 1. The van der Waals surface area contributed by atoms with Crippen LogP contribution in [0.2, 0.25) is 5.02 Å². The Morgan fingerprint density at radius 1 is 1.15 bits per heavy atom. The van der Waals surface area contributed by atoms with Gasteiger partial charge in [-0.15, -0.1) is 0 Å². The van der Waals surface area contributed by atoms with Crippen LogP contribution in [0.25, 0.3) is 0 Å². The number of nitrogens with zero attached hydrogens (tertiary/aromatic N) is 1. The highest BCUT2D eigenvalue weighted by Gasteiger charge is 2.13. The van der Waals surface area contributed by atoms with Gasteiger partial charge in [0.25, 0.3) is 0 Å². The van der Waals surface area contributed by atoms with Gasteiger partial charge in [0, 0.05) is 0 Å². The zero-order chi connectivity index (χ0) is 14.4. The summed E-state index contributed by atoms with van der Waals surface area (Å²) in [5.41, 5.74) is 2.43. The maximum atomic E-state index is 11.6. The van der Waals surface area contributed by atoms with Crippen molar-refractivity contribution in [3.8, 4) is 0 Å². The van der Waals surface area contributed by atoms with E-state index in [1.807, 2.05) is 0 Å². The van der Waals surface area contributed by atoms with Gasteiger partial charge in [-0.25, -0.2) is 5.43 Å². The van der Waals surface area contributed by atoms with Crippen molar-refractivity contribution in [3.05, 3.63) is 53.4 Å². The SMILES string of the molecule is O=C(NN=Cc1ccco1)C(=O)Nc1ccccc1Cl. The predicted molar refractivity (Wildman–Crippen MR) is 74.5 cm³/mol. The average molecular weight is 292 g/mol. The van der Waals surface area contributed by atoms with Crippen molar-refractivity contribution in [2.45, 2.75) is 0 Å². The fraction of sp³-hybridized carbons (Fsp3) is 0. The molecule has 2 aromatic rings. The summed E-state index contributed by atoms with van der Waals surface area (Å²) in [7, 11) is 0. The summed E-state index contributed by atoms with van der Waals surface area (Å²) in [4.78, 5) is 23.1. The third-order valence-corrected chi connectivity index (χ3v) is 2.56. The van der Waals surface area contributed by atoms with Crippen LogP contribution in [0.5, 0.6) is 0 Å². The topological polar surface area (TPSA) is 83.7 Å². The van der Waals surface area contributed by atoms with Gasteiger partial charge < -0.3 is 9.73 Å². The average Bonchev–Trinajstić information content (AvgIpc) is 2.94. The molecule has 7 heteroatoms. The summed E-state index contributed by atoms with van der Waals surface area (Å²) in [6.45, 7) is 0. The first-order chi connectivity index (χ1) is 9.66. The van der Waals surface area contributed by atoms with Gasteiger partial charge in [-0.1, -0.05) is 23.7 Å². The number of carbonyl (C=O) groups excluding carboxylic acids is 2. The molecule has 0 radical (unpaired) electrons. The van der Waals surface area contributed by atoms with Gasteiger partial charge in [0.2, 0.25) is 0 Å². The standard InChI is InChI=1S/C13H10ClN3O3/c14-10-5-1-2-6-11(10)16-12(18)13(19)17-15-8-9-4-3-7-20-9/h1-8H,(H,16,18)(H,17,19). The van der Waals surface area contributed by atoms with Crippen molar-refractivity contribution < 1.29 is 14.0 Å². The highest BCUT2D eigenvalue weighted by Crippen LogP contribution is 2.20. The summed E-state index contributed by atoms with van der Waals surface area (Å²) in [6, 6.07) is 9.91. The first-order valence-electron chi connectivity index (χ1n) is 5.59. The molecule has 0 atom stereocenters. The maximum Gasteiger partial charge on any atom is 0.329 e. The minimum Gasteiger partial charge on any atom is -0.463 e. The van der Waals surface area contributed by atoms with E-state index in [0.717, 1.165) is 0 Å². The van der Waals surface area contributed by atoms with Crippen LogP contribution >= 0.6 is 11.6 Å². The molecule has 1 aromatic carbocycles. The summed E-state index contributed by atoms with van der Waals surface area (Å²) in [5, 5.41) is 6.30. The molecule has 0 bridgehead atoms. The smallest absolute Gasteiger partial charge is 0.329 e. The summed E-state index contributed by atoms with van der Waals surface area (Å²) in [6.07, 6.45) is 2.74. The number of hydrogen-bond donors (Lipinski definition) is 2. The molecule has 0 saturated carbocycles. The Labute approximate surface area is 119 Å². The van der Waals surface area contributed by atoms with Crippen LogP contribution in [0.4, 0.5) is 5.69 Å². The monoisotopic (exact) mass is 291 g/mol. The van der Waals surface area contributed by atoms with Gasteiger partial charge in [-0.2, -0.15) is 5.10 Å². The molecule has 6 nitrogen and oxygen atoms in total. The number of benzene rings is 1. The molecule has 0 unspecified atom stereocenters. The molecule has 0 aliphatic rings. The van der Waals surface area contributed by atoms with E-state index in [1.54, 1.807) is 36.4 Å². The third-order valence-electron chi connectivity index (χ3n) is 2.23. The van der Waals surface area contributed by atoms with Crippen molar-refractivity contribution in [2.75, 3.05) is 5.32 Å². The lowest BCUT2D eigenvalue weighted by Crippen LogP contribution is -2.32. The molecular weight excluding hydrogens is 282 g/mol. The molecule has 1 heterocycles. The van der Waals surface area contributed by atoms with Crippen LogP contribution in [-0.4, -0.2) is 18.0 Å². The second kappa shape index (κ2) is 6.53. The number of anilines is 1. The lowest BCUT2D eigenvalue weighted by molar-refractivity contribution is -0.136. The molecule has 0 aliphatic heterocycles. The Bertz CT molecular complexity index is 638. The van der Waals surface area contributed by atoms with Crippen LogP contribution in [0, 0.1) is 0 Å². The Morgan fingerprint density at radius 2 is 1.95 bits per heavy atom. The van der Waals surface area contributed by atoms with E-state index < -0.39 is 11.8 Å². The van der Waals surface area contributed by atoms with Crippen LogP contribution in [-0.2, 0) is 9.59 Å². The number of amides is 2. The molecule has 2 N–H and O–H groups in total.